The van der Waals surface area contributed by atoms with Crippen LogP contribution in [0.5, 0.6) is 0 Å². The van der Waals surface area contributed by atoms with Gasteiger partial charge < -0.3 is 4.98 Å². The molecule has 1 aromatic carbocycles. The molecule has 2 rings (SSSR count). The zero-order chi connectivity index (χ0) is 10.4. The smallest absolute Gasteiger partial charge is 0.121 e. The number of hydrogen-bond donors (Lipinski definition) is 1. The van der Waals surface area contributed by atoms with Crippen LogP contribution in [0.15, 0.2) is 24.3 Å². The predicted molar refractivity (Wildman–Crippen MR) is 56.8 cm³/mol. The molecule has 0 saturated carbocycles. The van der Waals surface area contributed by atoms with Crippen molar-refractivity contribution < 1.29 is 0 Å². The van der Waals surface area contributed by atoms with E-state index >= 15 is 0 Å². The van der Waals surface area contributed by atoms with Crippen molar-refractivity contribution >= 4 is 11.0 Å². The van der Waals surface area contributed by atoms with E-state index in [1.807, 2.05) is 38.1 Å². The maximum absolute atomic E-state index is 8.43. The third kappa shape index (κ3) is 2.11. The van der Waals surface area contributed by atoms with Gasteiger partial charge in [0, 0.05) is 0 Å². The number of fused-ring (bicyclic) bond motifs is 1. The normalized spacial score (nSPS) is 8.93. The summed E-state index contributed by atoms with van der Waals surface area (Å²) >= 11 is 0. The van der Waals surface area contributed by atoms with Crippen LogP contribution in [0.1, 0.15) is 19.7 Å². The Morgan fingerprint density at radius 2 is 2.07 bits per heavy atom. The van der Waals surface area contributed by atoms with Gasteiger partial charge in [-0.3, -0.25) is 0 Å². The Morgan fingerprint density at radius 3 is 2.71 bits per heavy atom. The number of para-hydroxylation sites is 2. The molecular formula is C11H13N3. The van der Waals surface area contributed by atoms with Crippen molar-refractivity contribution in [3.05, 3.63) is 30.1 Å². The van der Waals surface area contributed by atoms with Crippen LogP contribution in [-0.4, -0.2) is 9.97 Å². The van der Waals surface area contributed by atoms with Gasteiger partial charge in [0.2, 0.25) is 0 Å². The van der Waals surface area contributed by atoms with E-state index in [4.69, 9.17) is 5.26 Å². The molecule has 0 unspecified atom stereocenters. The van der Waals surface area contributed by atoms with Gasteiger partial charge in [-0.2, -0.15) is 5.26 Å². The molecule has 0 aliphatic heterocycles. The summed E-state index contributed by atoms with van der Waals surface area (Å²) in [5.41, 5.74) is 1.91. The minimum absolute atomic E-state index is 0.342. The number of nitrogens with zero attached hydrogens (tertiary/aromatic N) is 2. The molecule has 2 aromatic rings. The van der Waals surface area contributed by atoms with Gasteiger partial charge in [-0.05, 0) is 12.1 Å². The zero-order valence-electron chi connectivity index (χ0n) is 8.41. The number of aromatic nitrogens is 2. The lowest BCUT2D eigenvalue weighted by atomic mass is 10.3. The lowest BCUT2D eigenvalue weighted by Gasteiger charge is -1.81. The lowest BCUT2D eigenvalue weighted by Crippen LogP contribution is -1.81. The maximum Gasteiger partial charge on any atom is 0.121 e. The summed E-state index contributed by atoms with van der Waals surface area (Å²) in [6.07, 6.45) is 0.342. The first-order valence-corrected chi connectivity index (χ1v) is 4.71. The molecule has 0 amide bonds. The first-order valence-electron chi connectivity index (χ1n) is 4.71. The second kappa shape index (κ2) is 5.03. The van der Waals surface area contributed by atoms with Crippen LogP contribution in [0.25, 0.3) is 11.0 Å². The van der Waals surface area contributed by atoms with E-state index in [0.717, 1.165) is 16.9 Å². The molecule has 0 radical (unpaired) electrons. The maximum atomic E-state index is 8.43. The van der Waals surface area contributed by atoms with Gasteiger partial charge in [-0.15, -0.1) is 0 Å². The molecule has 0 aliphatic carbocycles. The summed E-state index contributed by atoms with van der Waals surface area (Å²) in [6, 6.07) is 9.79. The molecule has 3 heteroatoms. The van der Waals surface area contributed by atoms with Gasteiger partial charge in [-0.1, -0.05) is 26.0 Å². The van der Waals surface area contributed by atoms with Crippen molar-refractivity contribution in [2.24, 2.45) is 0 Å². The Bertz CT molecular complexity index is 404. The van der Waals surface area contributed by atoms with Gasteiger partial charge in [0.25, 0.3) is 0 Å². The van der Waals surface area contributed by atoms with Gasteiger partial charge in [-0.25, -0.2) is 4.98 Å². The molecule has 14 heavy (non-hydrogen) atoms. The van der Waals surface area contributed by atoms with E-state index in [9.17, 15) is 0 Å². The third-order valence-electron chi connectivity index (χ3n) is 1.68. The van der Waals surface area contributed by atoms with E-state index in [1.165, 1.54) is 0 Å². The van der Waals surface area contributed by atoms with Crippen molar-refractivity contribution in [2.45, 2.75) is 20.3 Å². The molecule has 1 heterocycles. The minimum Gasteiger partial charge on any atom is -0.341 e. The topological polar surface area (TPSA) is 52.5 Å². The molecule has 0 atom stereocenters. The number of rotatable bonds is 1. The molecule has 1 N–H and O–H groups in total. The number of imidazole rings is 1. The number of H-pyrrole nitrogens is 1. The van der Waals surface area contributed by atoms with Gasteiger partial charge in [0.1, 0.15) is 5.82 Å². The van der Waals surface area contributed by atoms with E-state index in [0.29, 0.717) is 6.42 Å². The van der Waals surface area contributed by atoms with Crippen molar-refractivity contribution in [2.75, 3.05) is 0 Å². The average Bonchev–Trinajstić information content (AvgIpc) is 2.63. The Kier molecular flexibility index (Phi) is 3.69. The Balaban J connectivity index is 0.000000461. The molecule has 0 fully saturated rings. The van der Waals surface area contributed by atoms with E-state index in [2.05, 4.69) is 16.0 Å². The Morgan fingerprint density at radius 1 is 1.36 bits per heavy atom. The zero-order valence-corrected chi connectivity index (χ0v) is 8.41. The SMILES string of the molecule is CC.N#CCc1nc2ccccc2[nH]1. The molecule has 1 aromatic heterocycles. The predicted octanol–water partition coefficient (Wildman–Crippen LogP) is 2.66. The number of benzene rings is 1. The number of nitriles is 1. The van der Waals surface area contributed by atoms with Crippen LogP contribution in [0.3, 0.4) is 0 Å². The first-order chi connectivity index (χ1) is 6.90. The van der Waals surface area contributed by atoms with E-state index in [1.54, 1.807) is 0 Å². The van der Waals surface area contributed by atoms with Gasteiger partial charge in [0.15, 0.2) is 0 Å². The summed E-state index contributed by atoms with van der Waals surface area (Å²) < 4.78 is 0. The summed E-state index contributed by atoms with van der Waals surface area (Å²) in [4.78, 5) is 7.29. The lowest BCUT2D eigenvalue weighted by molar-refractivity contribution is 1.08. The van der Waals surface area contributed by atoms with Crippen LogP contribution in [0.2, 0.25) is 0 Å². The fourth-order valence-electron chi connectivity index (χ4n) is 1.16. The summed E-state index contributed by atoms with van der Waals surface area (Å²) in [7, 11) is 0. The van der Waals surface area contributed by atoms with Crippen molar-refractivity contribution in [3.63, 3.8) is 0 Å². The molecule has 0 saturated heterocycles. The van der Waals surface area contributed by atoms with Crippen LogP contribution in [0, 0.1) is 11.3 Å². The van der Waals surface area contributed by atoms with Crippen LogP contribution in [0.4, 0.5) is 0 Å². The van der Waals surface area contributed by atoms with Crippen LogP contribution in [-0.2, 0) is 6.42 Å². The second-order valence-corrected chi connectivity index (χ2v) is 2.54. The number of hydrogen-bond acceptors (Lipinski definition) is 2. The summed E-state index contributed by atoms with van der Waals surface area (Å²) in [5.74, 6) is 0.735. The highest BCUT2D eigenvalue weighted by Crippen LogP contribution is 2.09. The Labute approximate surface area is 83.4 Å². The molecule has 72 valence electrons. The molecule has 3 nitrogen and oxygen atoms in total. The monoisotopic (exact) mass is 187 g/mol. The highest BCUT2D eigenvalue weighted by molar-refractivity contribution is 5.74. The molecular weight excluding hydrogens is 174 g/mol. The van der Waals surface area contributed by atoms with E-state index < -0.39 is 0 Å². The van der Waals surface area contributed by atoms with Crippen molar-refractivity contribution in [1.29, 1.82) is 5.26 Å². The first kappa shape index (κ1) is 10.3. The average molecular weight is 187 g/mol. The molecule has 0 aliphatic rings. The van der Waals surface area contributed by atoms with E-state index in [-0.39, 0.29) is 0 Å². The minimum atomic E-state index is 0.342. The standard InChI is InChI=1S/C9H7N3.C2H6/c10-6-5-9-11-7-3-1-2-4-8(7)12-9;1-2/h1-4H,5H2,(H,11,12);1-2H3. The largest absolute Gasteiger partial charge is 0.341 e. The quantitative estimate of drug-likeness (QED) is 0.746. The third-order valence-corrected chi connectivity index (χ3v) is 1.68. The van der Waals surface area contributed by atoms with Gasteiger partial charge >= 0.3 is 0 Å². The second-order valence-electron chi connectivity index (χ2n) is 2.54. The van der Waals surface area contributed by atoms with Crippen LogP contribution < -0.4 is 0 Å². The summed E-state index contributed by atoms with van der Waals surface area (Å²) in [6.45, 7) is 4.00. The number of aromatic amines is 1. The Hall–Kier alpha value is -1.82. The van der Waals surface area contributed by atoms with Crippen molar-refractivity contribution in [3.8, 4) is 6.07 Å². The highest BCUT2D eigenvalue weighted by Gasteiger charge is 1.99. The van der Waals surface area contributed by atoms with Gasteiger partial charge in [0.05, 0.1) is 23.5 Å². The molecule has 0 bridgehead atoms. The molecule has 0 spiro atoms. The fraction of sp³-hybridized carbons (Fsp3) is 0.273. The van der Waals surface area contributed by atoms with Crippen LogP contribution >= 0.6 is 0 Å². The number of nitrogens with one attached hydrogen (secondary N) is 1. The van der Waals surface area contributed by atoms with Crippen molar-refractivity contribution in [1.82, 2.24) is 9.97 Å². The summed E-state index contributed by atoms with van der Waals surface area (Å²) in [5, 5.41) is 8.43. The fourth-order valence-corrected chi connectivity index (χ4v) is 1.16. The highest BCUT2D eigenvalue weighted by atomic mass is 14.9.